The molecule has 0 aliphatic heterocycles. The third kappa shape index (κ3) is 5.15. The van der Waals surface area contributed by atoms with Gasteiger partial charge >= 0.3 is 12.0 Å². The van der Waals surface area contributed by atoms with E-state index in [2.05, 4.69) is 10.6 Å². The van der Waals surface area contributed by atoms with Gasteiger partial charge in [0.15, 0.2) is 6.04 Å². The zero-order chi connectivity index (χ0) is 15.1. The van der Waals surface area contributed by atoms with Gasteiger partial charge in [0.2, 0.25) is 0 Å². The van der Waals surface area contributed by atoms with Crippen molar-refractivity contribution in [3.8, 4) is 5.75 Å². The normalized spacial score (nSPS) is 11.8. The van der Waals surface area contributed by atoms with Gasteiger partial charge in [-0.3, -0.25) is 0 Å². The highest BCUT2D eigenvalue weighted by molar-refractivity contribution is 5.92. The van der Waals surface area contributed by atoms with Crippen LogP contribution in [0.1, 0.15) is 13.8 Å². The topological polar surface area (TPSA) is 108 Å². The average molecular weight is 282 g/mol. The number of ether oxygens (including phenoxy) is 1. The fourth-order valence-electron chi connectivity index (χ4n) is 1.40. The zero-order valence-electron chi connectivity index (χ0n) is 11.3. The van der Waals surface area contributed by atoms with Crippen molar-refractivity contribution in [1.29, 1.82) is 0 Å². The predicted octanol–water partition coefficient (Wildman–Crippen LogP) is 1.04. The number of carbonyl (C=O) groups excluding carboxylic acids is 1. The average Bonchev–Trinajstić information content (AvgIpc) is 2.37. The largest absolute Gasteiger partial charge is 0.491 e. The van der Waals surface area contributed by atoms with E-state index < -0.39 is 24.6 Å². The molecule has 0 unspecified atom stereocenters. The summed E-state index contributed by atoms with van der Waals surface area (Å²) < 4.78 is 5.45. The molecular weight excluding hydrogens is 264 g/mol. The molecule has 7 heteroatoms. The number of anilines is 1. The number of amides is 2. The Bertz CT molecular complexity index is 458. The maximum atomic E-state index is 11.5. The number of urea groups is 1. The highest BCUT2D eigenvalue weighted by Crippen LogP contribution is 2.16. The van der Waals surface area contributed by atoms with Crippen molar-refractivity contribution in [3.05, 3.63) is 24.3 Å². The fraction of sp³-hybridized carbons (Fsp3) is 0.385. The lowest BCUT2D eigenvalue weighted by Crippen LogP contribution is -2.45. The van der Waals surface area contributed by atoms with E-state index in [1.165, 1.54) is 0 Å². The van der Waals surface area contributed by atoms with Crippen molar-refractivity contribution in [2.45, 2.75) is 26.0 Å². The summed E-state index contributed by atoms with van der Waals surface area (Å²) in [5.41, 5.74) is 0.487. The van der Waals surface area contributed by atoms with Crippen LogP contribution in [0.2, 0.25) is 0 Å². The number of rotatable bonds is 6. The molecule has 1 aromatic rings. The first-order valence-corrected chi connectivity index (χ1v) is 6.10. The Kier molecular flexibility index (Phi) is 5.79. The quantitative estimate of drug-likeness (QED) is 0.623. The summed E-state index contributed by atoms with van der Waals surface area (Å²) in [5.74, 6) is -0.631. The summed E-state index contributed by atoms with van der Waals surface area (Å²) in [6.07, 6.45) is 0.0537. The Labute approximate surface area is 116 Å². The van der Waals surface area contributed by atoms with E-state index in [4.69, 9.17) is 14.9 Å². The lowest BCUT2D eigenvalue weighted by molar-refractivity contribution is -0.140. The summed E-state index contributed by atoms with van der Waals surface area (Å²) in [7, 11) is 0. The van der Waals surface area contributed by atoms with Crippen LogP contribution in [0.4, 0.5) is 10.5 Å². The molecule has 2 amide bonds. The molecule has 0 radical (unpaired) electrons. The highest BCUT2D eigenvalue weighted by atomic mass is 16.5. The van der Waals surface area contributed by atoms with Crippen LogP contribution in [0.3, 0.4) is 0 Å². The summed E-state index contributed by atoms with van der Waals surface area (Å²) in [6.45, 7) is 3.13. The van der Waals surface area contributed by atoms with Crippen molar-refractivity contribution in [3.63, 3.8) is 0 Å². The van der Waals surface area contributed by atoms with Crippen LogP contribution in [-0.4, -0.2) is 41.0 Å². The van der Waals surface area contributed by atoms with Gasteiger partial charge < -0.3 is 25.6 Å². The molecule has 20 heavy (non-hydrogen) atoms. The van der Waals surface area contributed by atoms with Crippen molar-refractivity contribution in [2.75, 3.05) is 11.9 Å². The van der Waals surface area contributed by atoms with Gasteiger partial charge in [0.05, 0.1) is 12.7 Å². The third-order valence-electron chi connectivity index (χ3n) is 2.27. The Hall–Kier alpha value is -2.28. The van der Waals surface area contributed by atoms with E-state index in [1.807, 2.05) is 13.8 Å². The van der Waals surface area contributed by atoms with Gasteiger partial charge in [-0.25, -0.2) is 9.59 Å². The molecule has 0 aromatic heterocycles. The van der Waals surface area contributed by atoms with Gasteiger partial charge in [-0.2, -0.15) is 0 Å². The minimum atomic E-state index is -1.33. The Morgan fingerprint density at radius 1 is 1.25 bits per heavy atom. The van der Waals surface area contributed by atoms with E-state index in [0.29, 0.717) is 11.4 Å². The van der Waals surface area contributed by atoms with Gasteiger partial charge in [-0.15, -0.1) is 0 Å². The van der Waals surface area contributed by atoms with E-state index in [0.717, 1.165) is 0 Å². The van der Waals surface area contributed by atoms with Crippen molar-refractivity contribution in [2.24, 2.45) is 0 Å². The summed E-state index contributed by atoms with van der Waals surface area (Å²) >= 11 is 0. The zero-order valence-corrected chi connectivity index (χ0v) is 11.3. The molecule has 0 fully saturated rings. The molecule has 110 valence electrons. The van der Waals surface area contributed by atoms with E-state index in [9.17, 15) is 9.59 Å². The van der Waals surface area contributed by atoms with Crippen LogP contribution < -0.4 is 15.4 Å². The van der Waals surface area contributed by atoms with Gasteiger partial charge in [0.25, 0.3) is 0 Å². The number of aliphatic carboxylic acids is 1. The van der Waals surface area contributed by atoms with Crippen LogP contribution in [0.15, 0.2) is 24.3 Å². The highest BCUT2D eigenvalue weighted by Gasteiger charge is 2.18. The minimum Gasteiger partial charge on any atom is -0.491 e. The van der Waals surface area contributed by atoms with Crippen LogP contribution in [-0.2, 0) is 4.79 Å². The number of aliphatic hydroxyl groups excluding tert-OH is 1. The van der Waals surface area contributed by atoms with Gasteiger partial charge in [0, 0.05) is 5.69 Å². The molecule has 7 nitrogen and oxygen atoms in total. The smallest absolute Gasteiger partial charge is 0.328 e. The lowest BCUT2D eigenvalue weighted by Gasteiger charge is -2.13. The molecule has 1 atom stereocenters. The second-order valence-corrected chi connectivity index (χ2v) is 4.36. The summed E-state index contributed by atoms with van der Waals surface area (Å²) in [4.78, 5) is 22.2. The summed E-state index contributed by atoms with van der Waals surface area (Å²) in [6, 6.07) is 4.60. The van der Waals surface area contributed by atoms with Crippen LogP contribution >= 0.6 is 0 Å². The minimum absolute atomic E-state index is 0.0537. The van der Waals surface area contributed by atoms with Crippen LogP contribution in [0.5, 0.6) is 5.75 Å². The fourth-order valence-corrected chi connectivity index (χ4v) is 1.40. The van der Waals surface area contributed by atoms with E-state index >= 15 is 0 Å². The van der Waals surface area contributed by atoms with Gasteiger partial charge in [0.1, 0.15) is 5.75 Å². The maximum Gasteiger partial charge on any atom is 0.328 e. The number of aliphatic hydroxyl groups is 1. The molecule has 0 saturated carbocycles. The molecule has 4 N–H and O–H groups in total. The predicted molar refractivity (Wildman–Crippen MR) is 72.9 cm³/mol. The molecule has 0 bridgehead atoms. The Morgan fingerprint density at radius 2 is 1.85 bits per heavy atom. The molecule has 1 rings (SSSR count). The molecule has 1 aromatic carbocycles. The number of carbonyl (C=O) groups is 2. The number of carboxylic acids is 1. The number of hydrogen-bond acceptors (Lipinski definition) is 4. The SMILES string of the molecule is CC(C)Oc1ccc(NC(=O)N[C@H](CO)C(=O)O)cc1. The monoisotopic (exact) mass is 282 g/mol. The lowest BCUT2D eigenvalue weighted by atomic mass is 10.3. The first-order valence-electron chi connectivity index (χ1n) is 6.10. The number of hydrogen-bond donors (Lipinski definition) is 4. The molecule has 0 heterocycles. The molecule has 0 aliphatic rings. The number of carboxylic acid groups (broad SMARTS) is 1. The first-order chi connectivity index (χ1) is 9.42. The second kappa shape index (κ2) is 7.34. The van der Waals surface area contributed by atoms with Crippen LogP contribution in [0, 0.1) is 0 Å². The molecule has 0 saturated heterocycles. The molecule has 0 spiro atoms. The number of benzene rings is 1. The van der Waals surface area contributed by atoms with Crippen molar-refractivity contribution < 1.29 is 24.5 Å². The molecule has 0 aliphatic carbocycles. The van der Waals surface area contributed by atoms with Crippen molar-refractivity contribution >= 4 is 17.7 Å². The first kappa shape index (κ1) is 15.8. The van der Waals surface area contributed by atoms with Gasteiger partial charge in [-0.05, 0) is 38.1 Å². The van der Waals surface area contributed by atoms with E-state index in [1.54, 1.807) is 24.3 Å². The standard InChI is InChI=1S/C13H18N2O5/c1-8(2)20-10-5-3-9(4-6-10)14-13(19)15-11(7-16)12(17)18/h3-6,8,11,16H,7H2,1-2H3,(H,17,18)(H2,14,15,19)/t11-/m1/s1. The van der Waals surface area contributed by atoms with Gasteiger partial charge in [-0.1, -0.05) is 0 Å². The second-order valence-electron chi connectivity index (χ2n) is 4.36. The van der Waals surface area contributed by atoms with Crippen molar-refractivity contribution in [1.82, 2.24) is 5.32 Å². The Balaban J connectivity index is 2.55. The van der Waals surface area contributed by atoms with Crippen LogP contribution in [0.25, 0.3) is 0 Å². The number of nitrogens with one attached hydrogen (secondary N) is 2. The summed E-state index contributed by atoms with van der Waals surface area (Å²) in [5, 5.41) is 22.1. The van der Waals surface area contributed by atoms with E-state index in [-0.39, 0.29) is 6.10 Å². The third-order valence-corrected chi connectivity index (χ3v) is 2.27. The Morgan fingerprint density at radius 3 is 2.30 bits per heavy atom. The molecular formula is C13H18N2O5. The maximum absolute atomic E-state index is 11.5.